The van der Waals surface area contributed by atoms with Crippen LogP contribution in [0.25, 0.3) is 0 Å². The van der Waals surface area contributed by atoms with Gasteiger partial charge < -0.3 is 15.2 Å². The Bertz CT molecular complexity index is 410. The van der Waals surface area contributed by atoms with Crippen LogP contribution in [-0.2, 0) is 19.5 Å². The third-order valence-electron chi connectivity index (χ3n) is 5.02. The molecule has 0 aliphatic rings. The number of hydrogen-bond acceptors (Lipinski definition) is 3. The third kappa shape index (κ3) is 7.80. The molecule has 4 heteroatoms. The predicted octanol–water partition coefficient (Wildman–Crippen LogP) is 4.37. The Labute approximate surface area is 149 Å². The summed E-state index contributed by atoms with van der Waals surface area (Å²) < 4.78 is 2.36. The quantitative estimate of drug-likeness (QED) is 0.484. The van der Waals surface area contributed by atoms with Gasteiger partial charge in [0.05, 0.1) is 6.54 Å². The molecule has 1 rings (SSSR count). The first-order valence-electron chi connectivity index (χ1n) is 10.2. The highest BCUT2D eigenvalue weighted by Gasteiger charge is 2.09. The van der Waals surface area contributed by atoms with Gasteiger partial charge in [-0.1, -0.05) is 65.7 Å². The molecule has 0 radical (unpaired) electrons. The van der Waals surface area contributed by atoms with Crippen molar-refractivity contribution in [1.82, 2.24) is 14.5 Å². The van der Waals surface area contributed by atoms with Crippen molar-refractivity contribution in [1.29, 1.82) is 0 Å². The van der Waals surface area contributed by atoms with E-state index in [2.05, 4.69) is 35.2 Å². The maximum atomic E-state index is 5.87. The van der Waals surface area contributed by atoms with E-state index in [4.69, 9.17) is 5.73 Å². The zero-order chi connectivity index (χ0) is 17.6. The second-order valence-electron chi connectivity index (χ2n) is 6.77. The van der Waals surface area contributed by atoms with Gasteiger partial charge in [-0.05, 0) is 25.9 Å². The normalized spacial score (nSPS) is 11.5. The Kier molecular flexibility index (Phi) is 11.8. The van der Waals surface area contributed by atoms with Crippen LogP contribution in [0.15, 0.2) is 6.20 Å². The topological polar surface area (TPSA) is 47.1 Å². The molecule has 0 atom stereocenters. The fourth-order valence-electron chi connectivity index (χ4n) is 3.31. The number of imidazole rings is 1. The van der Waals surface area contributed by atoms with Gasteiger partial charge in [-0.25, -0.2) is 4.98 Å². The van der Waals surface area contributed by atoms with Crippen molar-refractivity contribution in [2.75, 3.05) is 19.6 Å². The predicted molar refractivity (Wildman–Crippen MR) is 104 cm³/mol. The zero-order valence-corrected chi connectivity index (χ0v) is 16.4. The lowest BCUT2D eigenvalue weighted by Crippen LogP contribution is -2.28. The summed E-state index contributed by atoms with van der Waals surface area (Å²) in [5, 5.41) is 0. The summed E-state index contributed by atoms with van der Waals surface area (Å²) in [6.07, 6.45) is 14.1. The molecule has 140 valence electrons. The van der Waals surface area contributed by atoms with Crippen LogP contribution in [0.1, 0.15) is 83.7 Å². The first-order valence-corrected chi connectivity index (χ1v) is 10.2. The molecular weight excluding hydrogens is 296 g/mol. The lowest BCUT2D eigenvalue weighted by atomic mass is 10.1. The van der Waals surface area contributed by atoms with Gasteiger partial charge in [-0.3, -0.25) is 0 Å². The van der Waals surface area contributed by atoms with Crippen LogP contribution in [0.5, 0.6) is 0 Å². The molecule has 4 nitrogen and oxygen atoms in total. The van der Waals surface area contributed by atoms with Gasteiger partial charge in [0.1, 0.15) is 5.82 Å². The van der Waals surface area contributed by atoms with Gasteiger partial charge in [0.25, 0.3) is 0 Å². The van der Waals surface area contributed by atoms with Gasteiger partial charge in [-0.15, -0.1) is 0 Å². The highest BCUT2D eigenvalue weighted by molar-refractivity contribution is 5.06. The molecule has 0 saturated carbocycles. The number of hydrogen-bond donors (Lipinski definition) is 1. The summed E-state index contributed by atoms with van der Waals surface area (Å²) in [5.74, 6) is 1.04. The maximum Gasteiger partial charge on any atom is 0.122 e. The van der Waals surface area contributed by atoms with Gasteiger partial charge in [0, 0.05) is 25.0 Å². The molecule has 0 saturated heterocycles. The van der Waals surface area contributed by atoms with Gasteiger partial charge in [-0.2, -0.15) is 0 Å². The standard InChI is InChI=1S/C20H40N4/c1-4-7-8-9-10-11-12-13-14-19-18-22-20(17-21)24(19)16-15-23(5-2)6-3/h18H,4-17,21H2,1-3H3. The summed E-state index contributed by atoms with van der Waals surface area (Å²) in [6.45, 7) is 11.6. The summed E-state index contributed by atoms with van der Waals surface area (Å²) in [4.78, 5) is 6.99. The Morgan fingerprint density at radius 3 is 2.17 bits per heavy atom. The van der Waals surface area contributed by atoms with E-state index >= 15 is 0 Å². The smallest absolute Gasteiger partial charge is 0.122 e. The highest BCUT2D eigenvalue weighted by atomic mass is 15.2. The fourth-order valence-corrected chi connectivity index (χ4v) is 3.31. The lowest BCUT2D eigenvalue weighted by molar-refractivity contribution is 0.287. The summed E-state index contributed by atoms with van der Waals surface area (Å²) in [6, 6.07) is 0. The number of nitrogens with two attached hydrogens (primary N) is 1. The van der Waals surface area contributed by atoms with Crippen molar-refractivity contribution in [3.8, 4) is 0 Å². The van der Waals surface area contributed by atoms with Crippen molar-refractivity contribution < 1.29 is 0 Å². The largest absolute Gasteiger partial charge is 0.330 e. The molecule has 0 fully saturated rings. The van der Waals surface area contributed by atoms with Crippen molar-refractivity contribution in [2.45, 2.75) is 91.6 Å². The van der Waals surface area contributed by atoms with Crippen LogP contribution < -0.4 is 5.73 Å². The molecule has 1 aromatic rings. The molecule has 0 aliphatic heterocycles. The van der Waals surface area contributed by atoms with Crippen LogP contribution in [0.4, 0.5) is 0 Å². The average Bonchev–Trinajstić information content (AvgIpc) is 3.00. The van der Waals surface area contributed by atoms with E-state index in [1.165, 1.54) is 57.1 Å². The Hall–Kier alpha value is -0.870. The summed E-state index contributed by atoms with van der Waals surface area (Å²) in [5.41, 5.74) is 7.24. The maximum absolute atomic E-state index is 5.87. The van der Waals surface area contributed by atoms with Crippen molar-refractivity contribution in [3.63, 3.8) is 0 Å². The second kappa shape index (κ2) is 13.4. The average molecular weight is 337 g/mol. The number of aryl methyl sites for hydroxylation is 1. The minimum Gasteiger partial charge on any atom is -0.330 e. The molecule has 0 aliphatic carbocycles. The molecule has 1 heterocycles. The first-order chi connectivity index (χ1) is 11.8. The van der Waals surface area contributed by atoms with Crippen LogP contribution in [-0.4, -0.2) is 34.1 Å². The van der Waals surface area contributed by atoms with Gasteiger partial charge in [0.15, 0.2) is 0 Å². The van der Waals surface area contributed by atoms with Crippen LogP contribution in [0.2, 0.25) is 0 Å². The summed E-state index contributed by atoms with van der Waals surface area (Å²) >= 11 is 0. The minimum absolute atomic E-state index is 0.537. The Balaban J connectivity index is 2.35. The van der Waals surface area contributed by atoms with E-state index in [1.54, 1.807) is 0 Å². The zero-order valence-electron chi connectivity index (χ0n) is 16.4. The van der Waals surface area contributed by atoms with E-state index in [1.807, 2.05) is 6.20 Å². The van der Waals surface area contributed by atoms with E-state index < -0.39 is 0 Å². The van der Waals surface area contributed by atoms with Crippen molar-refractivity contribution >= 4 is 0 Å². The first kappa shape index (κ1) is 21.2. The Morgan fingerprint density at radius 2 is 1.58 bits per heavy atom. The SMILES string of the molecule is CCCCCCCCCCc1cnc(CN)n1CCN(CC)CC. The molecule has 24 heavy (non-hydrogen) atoms. The van der Waals surface area contributed by atoms with Gasteiger partial charge >= 0.3 is 0 Å². The van der Waals surface area contributed by atoms with Crippen LogP contribution in [0, 0.1) is 0 Å². The minimum atomic E-state index is 0.537. The molecule has 0 bridgehead atoms. The van der Waals surface area contributed by atoms with Crippen LogP contribution in [0.3, 0.4) is 0 Å². The number of unbranched alkanes of at least 4 members (excludes halogenated alkanes) is 7. The molecule has 0 unspecified atom stereocenters. The molecule has 0 amide bonds. The van der Waals surface area contributed by atoms with E-state index in [0.29, 0.717) is 6.54 Å². The van der Waals surface area contributed by atoms with Gasteiger partial charge in [0.2, 0.25) is 0 Å². The van der Waals surface area contributed by atoms with Crippen LogP contribution >= 0.6 is 0 Å². The number of aromatic nitrogens is 2. The van der Waals surface area contributed by atoms with E-state index in [9.17, 15) is 0 Å². The van der Waals surface area contributed by atoms with Crippen molar-refractivity contribution in [3.05, 3.63) is 17.7 Å². The molecule has 1 aromatic heterocycles. The third-order valence-corrected chi connectivity index (χ3v) is 5.02. The van der Waals surface area contributed by atoms with E-state index in [0.717, 1.165) is 38.4 Å². The Morgan fingerprint density at radius 1 is 0.958 bits per heavy atom. The monoisotopic (exact) mass is 336 g/mol. The number of rotatable bonds is 15. The van der Waals surface area contributed by atoms with Crippen molar-refractivity contribution in [2.24, 2.45) is 5.73 Å². The number of likely N-dealkylation sites (N-methyl/N-ethyl adjacent to an activating group) is 1. The lowest BCUT2D eigenvalue weighted by Gasteiger charge is -2.20. The summed E-state index contributed by atoms with van der Waals surface area (Å²) in [7, 11) is 0. The number of nitrogens with zero attached hydrogens (tertiary/aromatic N) is 3. The molecular formula is C20H40N4. The highest BCUT2D eigenvalue weighted by Crippen LogP contribution is 2.13. The molecule has 0 spiro atoms. The molecule has 2 N–H and O–H groups in total. The fraction of sp³-hybridized carbons (Fsp3) is 0.850. The van der Waals surface area contributed by atoms with E-state index in [-0.39, 0.29) is 0 Å². The second-order valence-corrected chi connectivity index (χ2v) is 6.77. The molecule has 0 aromatic carbocycles.